The molecule has 0 amide bonds. The Balaban J connectivity index is 2.86. The second-order valence-corrected chi connectivity index (χ2v) is 3.43. The minimum Gasteiger partial charge on any atom is -0.0801 e. The highest BCUT2D eigenvalue weighted by Crippen LogP contribution is 2.20. The van der Waals surface area contributed by atoms with E-state index in [2.05, 4.69) is 31.2 Å². The molecule has 59 valence electrons. The van der Waals surface area contributed by atoms with Crippen LogP contribution in [0.15, 0.2) is 41.3 Å². The molecule has 0 nitrogen and oxygen atoms in total. The predicted octanol–water partition coefficient (Wildman–Crippen LogP) is 3.70. The molecule has 0 fully saturated rings. The third-order valence-electron chi connectivity index (χ3n) is 2.07. The van der Waals surface area contributed by atoms with Gasteiger partial charge in [0.1, 0.15) is 0 Å². The Morgan fingerprint density at radius 2 is 1.92 bits per heavy atom. The topological polar surface area (TPSA) is 0 Å². The molecule has 0 saturated carbocycles. The van der Waals surface area contributed by atoms with Gasteiger partial charge in [-0.3, -0.25) is 0 Å². The Morgan fingerprint density at radius 3 is 2.75 bits per heavy atom. The predicted molar refractivity (Wildman–Crippen MR) is 54.5 cm³/mol. The fraction of sp³-hybridized carbons (Fsp3) is 0.0909. The summed E-state index contributed by atoms with van der Waals surface area (Å²) in [5.41, 5.74) is 1.31. The highest BCUT2D eigenvalue weighted by Gasteiger charge is 1.95. The third kappa shape index (κ3) is 1.16. The molecule has 2 rings (SSSR count). The highest BCUT2D eigenvalue weighted by molar-refractivity contribution is 7.80. The molecule has 1 radical (unpaired) electrons. The quantitative estimate of drug-likeness (QED) is 0.569. The largest absolute Gasteiger partial charge is 0.0801 e. The molecule has 12 heavy (non-hydrogen) atoms. The summed E-state index contributed by atoms with van der Waals surface area (Å²) in [4.78, 5) is 0.910. The molecule has 0 saturated heterocycles. The van der Waals surface area contributed by atoms with Crippen molar-refractivity contribution in [1.29, 1.82) is 0 Å². The Bertz CT molecular complexity index is 418. The van der Waals surface area contributed by atoms with Crippen molar-refractivity contribution in [2.45, 2.75) is 11.8 Å². The van der Waals surface area contributed by atoms with Crippen LogP contribution < -0.4 is 0 Å². The number of benzene rings is 2. The van der Waals surface area contributed by atoms with Gasteiger partial charge in [-0.2, -0.15) is 0 Å². The fourth-order valence-electron chi connectivity index (χ4n) is 1.42. The Hall–Kier alpha value is -1.08. The van der Waals surface area contributed by atoms with E-state index in [-0.39, 0.29) is 0 Å². The van der Waals surface area contributed by atoms with Crippen LogP contribution >= 0.6 is 12.6 Å². The Kier molecular flexibility index (Phi) is 1.74. The first-order chi connectivity index (χ1) is 5.77. The molecule has 2 aromatic rings. The van der Waals surface area contributed by atoms with Crippen molar-refractivity contribution in [3.05, 3.63) is 42.0 Å². The van der Waals surface area contributed by atoms with Crippen LogP contribution in [0.5, 0.6) is 0 Å². The van der Waals surface area contributed by atoms with Crippen LogP contribution in [0.2, 0.25) is 0 Å². The van der Waals surface area contributed by atoms with Crippen LogP contribution in [-0.2, 0) is 0 Å². The minimum absolute atomic E-state index is 0.910. The second kappa shape index (κ2) is 2.76. The summed E-state index contributed by atoms with van der Waals surface area (Å²) >= 11 is 5.08. The summed E-state index contributed by atoms with van der Waals surface area (Å²) in [6.45, 7) is 2.12. The lowest BCUT2D eigenvalue weighted by Gasteiger charge is -2.00. The van der Waals surface area contributed by atoms with Gasteiger partial charge in [0.15, 0.2) is 0 Å². The van der Waals surface area contributed by atoms with Crippen molar-refractivity contribution >= 4 is 23.4 Å². The van der Waals surface area contributed by atoms with E-state index in [4.69, 9.17) is 12.6 Å². The molecular weight excluding hydrogens is 164 g/mol. The Morgan fingerprint density at radius 1 is 1.08 bits per heavy atom. The van der Waals surface area contributed by atoms with Crippen LogP contribution in [0, 0.1) is 6.92 Å². The molecule has 0 N–H and O–H groups in total. The van der Waals surface area contributed by atoms with Gasteiger partial charge in [0.05, 0.1) is 0 Å². The fourth-order valence-corrected chi connectivity index (χ4v) is 1.62. The highest BCUT2D eigenvalue weighted by atomic mass is 32.1. The Labute approximate surface area is 77.6 Å². The smallest absolute Gasteiger partial charge is 0.0383 e. The summed E-state index contributed by atoms with van der Waals surface area (Å²) in [5, 5.41) is 2.54. The van der Waals surface area contributed by atoms with E-state index >= 15 is 0 Å². The first-order valence-electron chi connectivity index (χ1n) is 3.94. The molecule has 0 spiro atoms. The van der Waals surface area contributed by atoms with Gasteiger partial charge in [-0.05, 0) is 35.4 Å². The summed E-state index contributed by atoms with van der Waals surface area (Å²) in [5.74, 6) is 0. The number of hydrogen-bond acceptors (Lipinski definition) is 0. The zero-order valence-electron chi connectivity index (χ0n) is 6.87. The zero-order valence-corrected chi connectivity index (χ0v) is 7.69. The van der Waals surface area contributed by atoms with Gasteiger partial charge < -0.3 is 0 Å². The molecule has 0 aromatic heterocycles. The van der Waals surface area contributed by atoms with E-state index in [0.29, 0.717) is 0 Å². The normalized spacial score (nSPS) is 10.4. The first-order valence-corrected chi connectivity index (χ1v) is 4.34. The maximum Gasteiger partial charge on any atom is 0.0383 e. The van der Waals surface area contributed by atoms with Crippen LogP contribution in [-0.4, -0.2) is 0 Å². The maximum atomic E-state index is 5.08. The third-order valence-corrected chi connectivity index (χ3v) is 2.32. The number of rotatable bonds is 0. The summed E-state index contributed by atoms with van der Waals surface area (Å²) in [7, 11) is 0. The van der Waals surface area contributed by atoms with E-state index in [1.165, 1.54) is 16.3 Å². The molecule has 1 heteroatoms. The van der Waals surface area contributed by atoms with E-state index in [1.807, 2.05) is 12.1 Å². The average molecular weight is 173 g/mol. The van der Waals surface area contributed by atoms with Gasteiger partial charge in [-0.15, -0.1) is 0 Å². The lowest BCUT2D eigenvalue weighted by Crippen LogP contribution is -1.77. The van der Waals surface area contributed by atoms with Gasteiger partial charge in [0.2, 0.25) is 0 Å². The van der Waals surface area contributed by atoms with Crippen LogP contribution in [0.4, 0.5) is 0 Å². The molecule has 2 aromatic carbocycles. The van der Waals surface area contributed by atoms with Gasteiger partial charge in [0, 0.05) is 4.90 Å². The van der Waals surface area contributed by atoms with Crippen molar-refractivity contribution in [2.75, 3.05) is 0 Å². The average Bonchev–Trinajstić information content (AvgIpc) is 2.04. The molecule has 0 bridgehead atoms. The number of hydrogen-bond donors (Lipinski definition) is 0. The lowest BCUT2D eigenvalue weighted by atomic mass is 10.1. The molecule has 0 heterocycles. The van der Waals surface area contributed by atoms with Crippen LogP contribution in [0.25, 0.3) is 10.8 Å². The van der Waals surface area contributed by atoms with Gasteiger partial charge >= 0.3 is 0 Å². The molecule has 0 unspecified atom stereocenters. The summed E-state index contributed by atoms with van der Waals surface area (Å²) < 4.78 is 0. The summed E-state index contributed by atoms with van der Waals surface area (Å²) in [6.07, 6.45) is 0. The van der Waals surface area contributed by atoms with Crippen molar-refractivity contribution < 1.29 is 0 Å². The first kappa shape index (κ1) is 7.56. The molecule has 0 atom stereocenters. The summed E-state index contributed by atoms with van der Waals surface area (Å²) in [6, 6.07) is 12.4. The number of fused-ring (bicyclic) bond motifs is 1. The second-order valence-electron chi connectivity index (χ2n) is 2.96. The maximum absolute atomic E-state index is 5.08. The monoisotopic (exact) mass is 173 g/mol. The molecule has 0 aliphatic carbocycles. The van der Waals surface area contributed by atoms with Crippen molar-refractivity contribution in [3.8, 4) is 0 Å². The SMILES string of the molecule is Cc1cccc2cc([S])ccc12. The van der Waals surface area contributed by atoms with Gasteiger partial charge in [-0.1, -0.05) is 36.9 Å². The molecule has 0 aliphatic rings. The van der Waals surface area contributed by atoms with Crippen LogP contribution in [0.1, 0.15) is 5.56 Å². The van der Waals surface area contributed by atoms with Gasteiger partial charge in [-0.25, -0.2) is 0 Å². The van der Waals surface area contributed by atoms with E-state index in [1.54, 1.807) is 0 Å². The minimum atomic E-state index is 0.910. The van der Waals surface area contributed by atoms with Crippen molar-refractivity contribution in [3.63, 3.8) is 0 Å². The van der Waals surface area contributed by atoms with Crippen molar-refractivity contribution in [2.24, 2.45) is 0 Å². The van der Waals surface area contributed by atoms with E-state index in [0.717, 1.165) is 4.90 Å². The van der Waals surface area contributed by atoms with Crippen LogP contribution in [0.3, 0.4) is 0 Å². The van der Waals surface area contributed by atoms with Crippen molar-refractivity contribution in [1.82, 2.24) is 0 Å². The number of aryl methyl sites for hydroxylation is 1. The van der Waals surface area contributed by atoms with Gasteiger partial charge in [0.25, 0.3) is 0 Å². The standard InChI is InChI=1S/C11H9S/c1-8-3-2-4-9-7-10(12)5-6-11(8)9/h2-7H,1H3. The van der Waals surface area contributed by atoms with E-state index < -0.39 is 0 Å². The lowest BCUT2D eigenvalue weighted by molar-refractivity contribution is 1.48. The zero-order chi connectivity index (χ0) is 8.55. The molecular formula is C11H9S. The van der Waals surface area contributed by atoms with E-state index in [9.17, 15) is 0 Å². The molecule has 0 aliphatic heterocycles.